The van der Waals surface area contributed by atoms with Gasteiger partial charge in [0.1, 0.15) is 0 Å². The molecule has 1 rings (SSSR count). The minimum Gasteiger partial charge on any atom is -0.481 e. The smallest absolute Gasteiger partial charge is 0.306 e. The van der Waals surface area contributed by atoms with E-state index < -0.39 is 11.6 Å². The first-order valence-electron chi connectivity index (χ1n) is 6.60. The number of carbonyl (C=O) groups is 1. The summed E-state index contributed by atoms with van der Waals surface area (Å²) in [6, 6.07) is 0. The maximum atomic E-state index is 10.8. The van der Waals surface area contributed by atoms with Crippen LogP contribution in [0.1, 0.15) is 51.9 Å². The number of carboxylic acid groups (broad SMARTS) is 1. The monoisotopic (exact) mass is 260 g/mol. The van der Waals surface area contributed by atoms with Gasteiger partial charge in [-0.25, -0.2) is 0 Å². The Morgan fingerprint density at radius 2 is 2.00 bits per heavy atom. The Hall–Kier alpha value is -0.220. The van der Waals surface area contributed by atoms with Gasteiger partial charge in [0.05, 0.1) is 11.5 Å². The van der Waals surface area contributed by atoms with Gasteiger partial charge in [0, 0.05) is 5.75 Å². The van der Waals surface area contributed by atoms with Gasteiger partial charge in [-0.3, -0.25) is 4.79 Å². The molecular weight excluding hydrogens is 236 g/mol. The van der Waals surface area contributed by atoms with E-state index in [1.165, 1.54) is 19.3 Å². The van der Waals surface area contributed by atoms with Crippen LogP contribution in [0.4, 0.5) is 0 Å². The lowest BCUT2D eigenvalue weighted by Gasteiger charge is -2.34. The molecule has 0 bridgehead atoms. The van der Waals surface area contributed by atoms with Gasteiger partial charge in [0.25, 0.3) is 0 Å². The number of rotatable bonds is 7. The average Bonchev–Trinajstić information content (AvgIpc) is 2.29. The van der Waals surface area contributed by atoms with E-state index in [0.29, 0.717) is 25.7 Å². The molecule has 1 aliphatic rings. The zero-order valence-electron chi connectivity index (χ0n) is 10.7. The van der Waals surface area contributed by atoms with Crippen LogP contribution in [-0.2, 0) is 4.79 Å². The van der Waals surface area contributed by atoms with Crippen molar-refractivity contribution in [2.75, 3.05) is 11.5 Å². The summed E-state index contributed by atoms with van der Waals surface area (Å²) in [7, 11) is 0. The topological polar surface area (TPSA) is 57.5 Å². The van der Waals surface area contributed by atoms with Gasteiger partial charge in [-0.15, -0.1) is 0 Å². The molecule has 2 N–H and O–H groups in total. The molecule has 0 radical (unpaired) electrons. The van der Waals surface area contributed by atoms with Crippen molar-refractivity contribution >= 4 is 17.7 Å². The van der Waals surface area contributed by atoms with E-state index >= 15 is 0 Å². The number of carboxylic acids is 1. The van der Waals surface area contributed by atoms with Gasteiger partial charge in [0.2, 0.25) is 0 Å². The lowest BCUT2D eigenvalue weighted by molar-refractivity contribution is -0.144. The van der Waals surface area contributed by atoms with Gasteiger partial charge >= 0.3 is 5.97 Å². The molecule has 0 heterocycles. The third kappa shape index (κ3) is 5.30. The van der Waals surface area contributed by atoms with E-state index in [-0.39, 0.29) is 5.92 Å². The average molecular weight is 260 g/mol. The van der Waals surface area contributed by atoms with Gasteiger partial charge in [0.15, 0.2) is 0 Å². The van der Waals surface area contributed by atoms with Crippen LogP contribution >= 0.6 is 11.8 Å². The van der Waals surface area contributed by atoms with Crippen molar-refractivity contribution < 1.29 is 15.0 Å². The fraction of sp³-hybridized carbons (Fsp3) is 0.923. The summed E-state index contributed by atoms with van der Waals surface area (Å²) in [5.74, 6) is 0.935. The third-order valence-electron chi connectivity index (χ3n) is 3.53. The highest BCUT2D eigenvalue weighted by Gasteiger charge is 2.35. The van der Waals surface area contributed by atoms with Crippen LogP contribution in [0.25, 0.3) is 0 Å². The highest BCUT2D eigenvalue weighted by atomic mass is 32.2. The lowest BCUT2D eigenvalue weighted by Crippen LogP contribution is -2.38. The molecule has 0 amide bonds. The molecule has 1 fully saturated rings. The Morgan fingerprint density at radius 1 is 1.35 bits per heavy atom. The number of hydrogen-bond donors (Lipinski definition) is 2. The molecule has 0 spiro atoms. The van der Waals surface area contributed by atoms with E-state index in [1.54, 1.807) is 0 Å². The van der Waals surface area contributed by atoms with Crippen molar-refractivity contribution in [2.24, 2.45) is 5.92 Å². The fourth-order valence-corrected chi connectivity index (χ4v) is 3.48. The molecule has 0 saturated heterocycles. The van der Waals surface area contributed by atoms with Gasteiger partial charge < -0.3 is 10.2 Å². The molecule has 3 nitrogen and oxygen atoms in total. The maximum absolute atomic E-state index is 10.8. The second kappa shape index (κ2) is 7.27. The van der Waals surface area contributed by atoms with E-state index in [0.717, 1.165) is 11.5 Å². The van der Waals surface area contributed by atoms with Gasteiger partial charge in [-0.1, -0.05) is 19.8 Å². The van der Waals surface area contributed by atoms with E-state index in [9.17, 15) is 9.90 Å². The zero-order chi connectivity index (χ0) is 12.7. The number of aliphatic hydroxyl groups is 1. The SMILES string of the molecule is CCCCCSCC1(O)CCC(C(=O)O)CC1. The Kier molecular flexibility index (Phi) is 6.34. The summed E-state index contributed by atoms with van der Waals surface area (Å²) in [4.78, 5) is 10.8. The number of thioether (sulfide) groups is 1. The Balaban J connectivity index is 2.18. The van der Waals surface area contributed by atoms with Crippen LogP contribution in [0.15, 0.2) is 0 Å². The largest absolute Gasteiger partial charge is 0.481 e. The minimum atomic E-state index is -0.706. The normalized spacial score (nSPS) is 29.2. The molecule has 1 saturated carbocycles. The molecule has 0 aromatic heterocycles. The highest BCUT2D eigenvalue weighted by Crippen LogP contribution is 2.34. The minimum absolute atomic E-state index is 0.236. The molecule has 0 aromatic carbocycles. The first-order chi connectivity index (χ1) is 8.07. The molecule has 4 heteroatoms. The zero-order valence-corrected chi connectivity index (χ0v) is 11.5. The predicted molar refractivity (Wildman–Crippen MR) is 71.4 cm³/mol. The molecular formula is C13H24O3S. The molecule has 1 aliphatic carbocycles. The third-order valence-corrected chi connectivity index (χ3v) is 4.85. The lowest BCUT2D eigenvalue weighted by atomic mass is 9.80. The fourth-order valence-electron chi connectivity index (χ4n) is 2.26. The van der Waals surface area contributed by atoms with Crippen molar-refractivity contribution in [3.05, 3.63) is 0 Å². The van der Waals surface area contributed by atoms with Crippen molar-refractivity contribution in [3.8, 4) is 0 Å². The summed E-state index contributed by atoms with van der Waals surface area (Å²) < 4.78 is 0. The first-order valence-corrected chi connectivity index (χ1v) is 7.76. The summed E-state index contributed by atoms with van der Waals surface area (Å²) in [5.41, 5.74) is -0.608. The van der Waals surface area contributed by atoms with Crippen molar-refractivity contribution in [2.45, 2.75) is 57.5 Å². The molecule has 100 valence electrons. The van der Waals surface area contributed by atoms with Gasteiger partial charge in [-0.05, 0) is 37.9 Å². The standard InChI is InChI=1S/C13H24O3S/c1-2-3-4-9-17-10-13(16)7-5-11(6-8-13)12(14)15/h11,16H,2-10H2,1H3,(H,14,15). The molecule has 0 atom stereocenters. The number of aliphatic carboxylic acids is 1. The molecule has 17 heavy (non-hydrogen) atoms. The first kappa shape index (κ1) is 14.8. The number of unbranched alkanes of at least 4 members (excludes halogenated alkanes) is 2. The second-order valence-corrected chi connectivity index (χ2v) is 6.20. The van der Waals surface area contributed by atoms with Crippen molar-refractivity contribution in [1.82, 2.24) is 0 Å². The summed E-state index contributed by atoms with van der Waals surface area (Å²) in [5, 5.41) is 19.2. The maximum Gasteiger partial charge on any atom is 0.306 e. The Morgan fingerprint density at radius 3 is 2.53 bits per heavy atom. The second-order valence-electron chi connectivity index (χ2n) is 5.10. The van der Waals surface area contributed by atoms with Crippen LogP contribution in [0.3, 0.4) is 0 Å². The van der Waals surface area contributed by atoms with Gasteiger partial charge in [-0.2, -0.15) is 11.8 Å². The van der Waals surface area contributed by atoms with E-state index in [2.05, 4.69) is 6.92 Å². The Bertz CT molecular complexity index is 235. The van der Waals surface area contributed by atoms with Crippen LogP contribution < -0.4 is 0 Å². The van der Waals surface area contributed by atoms with E-state index in [4.69, 9.17) is 5.11 Å². The number of hydrogen-bond acceptors (Lipinski definition) is 3. The Labute approximate surface area is 108 Å². The predicted octanol–water partition coefficient (Wildman–Crippen LogP) is 2.92. The molecule has 0 aliphatic heterocycles. The van der Waals surface area contributed by atoms with Crippen LogP contribution in [0, 0.1) is 5.92 Å². The summed E-state index contributed by atoms with van der Waals surface area (Å²) >= 11 is 1.81. The van der Waals surface area contributed by atoms with Crippen molar-refractivity contribution in [1.29, 1.82) is 0 Å². The van der Waals surface area contributed by atoms with Crippen LogP contribution in [0.2, 0.25) is 0 Å². The molecule has 0 aromatic rings. The van der Waals surface area contributed by atoms with Crippen LogP contribution in [-0.4, -0.2) is 33.3 Å². The van der Waals surface area contributed by atoms with E-state index in [1.807, 2.05) is 11.8 Å². The quantitative estimate of drug-likeness (QED) is 0.691. The summed E-state index contributed by atoms with van der Waals surface area (Å²) in [6.45, 7) is 2.19. The van der Waals surface area contributed by atoms with Crippen molar-refractivity contribution in [3.63, 3.8) is 0 Å². The highest BCUT2D eigenvalue weighted by molar-refractivity contribution is 7.99. The van der Waals surface area contributed by atoms with Crippen LogP contribution in [0.5, 0.6) is 0 Å². The summed E-state index contributed by atoms with van der Waals surface area (Å²) in [6.07, 6.45) is 6.24. The molecule has 0 unspecified atom stereocenters.